The van der Waals surface area contributed by atoms with Crippen molar-refractivity contribution in [2.24, 2.45) is 17.6 Å². The van der Waals surface area contributed by atoms with Gasteiger partial charge in [-0.05, 0) is 19.3 Å². The second kappa shape index (κ2) is 7.69. The molecule has 0 fully saturated rings. The van der Waals surface area contributed by atoms with Crippen LogP contribution in [0.15, 0.2) is 0 Å². The van der Waals surface area contributed by atoms with Gasteiger partial charge in [0.1, 0.15) is 0 Å². The molecule has 3 heteroatoms. The van der Waals surface area contributed by atoms with E-state index in [1.54, 1.807) is 0 Å². The average molecular weight is 214 g/mol. The van der Waals surface area contributed by atoms with Gasteiger partial charge in [-0.2, -0.15) is 0 Å². The molecule has 15 heavy (non-hydrogen) atoms. The lowest BCUT2D eigenvalue weighted by Gasteiger charge is -2.22. The van der Waals surface area contributed by atoms with E-state index in [9.17, 15) is 4.79 Å². The van der Waals surface area contributed by atoms with Crippen LogP contribution in [0.25, 0.3) is 0 Å². The van der Waals surface area contributed by atoms with Crippen molar-refractivity contribution in [3.63, 3.8) is 0 Å². The Morgan fingerprint density at radius 2 is 1.93 bits per heavy atom. The van der Waals surface area contributed by atoms with E-state index < -0.39 is 0 Å². The molecule has 0 aromatic carbocycles. The van der Waals surface area contributed by atoms with E-state index in [0.717, 1.165) is 19.3 Å². The first-order valence-corrected chi connectivity index (χ1v) is 6.07. The predicted octanol–water partition coefficient (Wildman–Crippen LogP) is 1.91. The molecule has 0 rings (SSSR count). The van der Waals surface area contributed by atoms with Crippen LogP contribution in [0.4, 0.5) is 0 Å². The van der Waals surface area contributed by atoms with Gasteiger partial charge in [0.25, 0.3) is 0 Å². The molecule has 0 aliphatic rings. The summed E-state index contributed by atoms with van der Waals surface area (Å²) >= 11 is 0. The molecule has 0 saturated heterocycles. The van der Waals surface area contributed by atoms with Crippen LogP contribution in [0.3, 0.4) is 0 Å². The fraction of sp³-hybridized carbons (Fsp3) is 0.917. The second-order valence-corrected chi connectivity index (χ2v) is 4.40. The summed E-state index contributed by atoms with van der Waals surface area (Å²) in [5.74, 6) is 0.627. The number of hydrogen-bond acceptors (Lipinski definition) is 2. The van der Waals surface area contributed by atoms with Gasteiger partial charge >= 0.3 is 0 Å². The third-order valence-electron chi connectivity index (χ3n) is 3.16. The monoisotopic (exact) mass is 214 g/mol. The van der Waals surface area contributed by atoms with Crippen molar-refractivity contribution in [3.05, 3.63) is 0 Å². The molecular weight excluding hydrogens is 188 g/mol. The quantitative estimate of drug-likeness (QED) is 0.680. The van der Waals surface area contributed by atoms with E-state index in [2.05, 4.69) is 33.0 Å². The highest BCUT2D eigenvalue weighted by Crippen LogP contribution is 2.09. The minimum absolute atomic E-state index is 0.0125. The highest BCUT2D eigenvalue weighted by atomic mass is 16.1. The molecule has 3 unspecified atom stereocenters. The summed E-state index contributed by atoms with van der Waals surface area (Å²) < 4.78 is 0. The zero-order valence-electron chi connectivity index (χ0n) is 10.5. The van der Waals surface area contributed by atoms with Gasteiger partial charge in [-0.15, -0.1) is 0 Å². The first-order valence-electron chi connectivity index (χ1n) is 6.07. The van der Waals surface area contributed by atoms with Gasteiger partial charge in [-0.1, -0.05) is 33.6 Å². The Morgan fingerprint density at radius 3 is 2.33 bits per heavy atom. The molecule has 0 heterocycles. The summed E-state index contributed by atoms with van der Waals surface area (Å²) in [5.41, 5.74) is 5.58. The zero-order chi connectivity index (χ0) is 11.8. The number of carbonyl (C=O) groups excluding carboxylic acids is 1. The fourth-order valence-corrected chi connectivity index (χ4v) is 1.54. The third-order valence-corrected chi connectivity index (χ3v) is 3.16. The Hall–Kier alpha value is -0.570. The lowest BCUT2D eigenvalue weighted by molar-refractivity contribution is -0.125. The molecule has 3 N–H and O–H groups in total. The van der Waals surface area contributed by atoms with Crippen molar-refractivity contribution in [3.8, 4) is 0 Å². The Morgan fingerprint density at radius 1 is 1.33 bits per heavy atom. The number of rotatable bonds is 7. The molecule has 0 aromatic heterocycles. The van der Waals surface area contributed by atoms with Crippen molar-refractivity contribution in [1.29, 1.82) is 0 Å². The SMILES string of the molecule is CCCC(CN)C(=O)NC(C)C(C)CC. The third kappa shape index (κ3) is 5.17. The average Bonchev–Trinajstić information content (AvgIpc) is 2.24. The van der Waals surface area contributed by atoms with Crippen LogP contribution in [-0.4, -0.2) is 18.5 Å². The van der Waals surface area contributed by atoms with Crippen molar-refractivity contribution in [2.75, 3.05) is 6.54 Å². The minimum Gasteiger partial charge on any atom is -0.353 e. The van der Waals surface area contributed by atoms with Gasteiger partial charge in [0.2, 0.25) is 5.91 Å². The number of carbonyl (C=O) groups is 1. The molecule has 1 amide bonds. The van der Waals surface area contributed by atoms with Gasteiger partial charge < -0.3 is 11.1 Å². The van der Waals surface area contributed by atoms with Crippen molar-refractivity contribution in [2.45, 2.75) is 53.0 Å². The summed E-state index contributed by atoms with van der Waals surface area (Å²) in [5, 5.41) is 3.05. The Labute approximate surface area is 93.8 Å². The van der Waals surface area contributed by atoms with E-state index in [4.69, 9.17) is 5.73 Å². The van der Waals surface area contributed by atoms with Crippen LogP contribution in [0.1, 0.15) is 47.0 Å². The van der Waals surface area contributed by atoms with Gasteiger partial charge in [0.05, 0.1) is 5.92 Å². The van der Waals surface area contributed by atoms with E-state index in [1.807, 2.05) is 0 Å². The maximum absolute atomic E-state index is 11.8. The van der Waals surface area contributed by atoms with Crippen molar-refractivity contribution < 1.29 is 4.79 Å². The highest BCUT2D eigenvalue weighted by molar-refractivity contribution is 5.79. The summed E-state index contributed by atoms with van der Waals surface area (Å²) in [6.45, 7) is 8.88. The highest BCUT2D eigenvalue weighted by Gasteiger charge is 2.19. The number of nitrogens with two attached hydrogens (primary N) is 1. The Balaban J connectivity index is 4.09. The zero-order valence-corrected chi connectivity index (χ0v) is 10.5. The summed E-state index contributed by atoms with van der Waals surface area (Å²) in [6.07, 6.45) is 2.98. The van der Waals surface area contributed by atoms with Crippen LogP contribution < -0.4 is 11.1 Å². The summed E-state index contributed by atoms with van der Waals surface area (Å²) in [7, 11) is 0. The number of hydrogen-bond donors (Lipinski definition) is 2. The fourth-order valence-electron chi connectivity index (χ4n) is 1.54. The van der Waals surface area contributed by atoms with Crippen molar-refractivity contribution >= 4 is 5.91 Å². The standard InChI is InChI=1S/C12H26N2O/c1-5-7-11(8-13)12(15)14-10(4)9(3)6-2/h9-11H,5-8,13H2,1-4H3,(H,14,15). The molecule has 0 aliphatic heterocycles. The molecule has 0 spiro atoms. The normalized spacial score (nSPS) is 16.9. The van der Waals surface area contributed by atoms with E-state index in [1.165, 1.54) is 0 Å². The summed E-state index contributed by atoms with van der Waals surface area (Å²) in [4.78, 5) is 11.8. The Bertz CT molecular complexity index is 182. The minimum atomic E-state index is -0.0125. The maximum Gasteiger partial charge on any atom is 0.224 e. The molecule has 0 aromatic rings. The molecule has 0 aliphatic carbocycles. The molecule has 3 nitrogen and oxygen atoms in total. The van der Waals surface area contributed by atoms with Gasteiger partial charge in [0.15, 0.2) is 0 Å². The van der Waals surface area contributed by atoms with Crippen molar-refractivity contribution in [1.82, 2.24) is 5.32 Å². The molecule has 90 valence electrons. The summed E-state index contributed by atoms with van der Waals surface area (Å²) in [6, 6.07) is 0.244. The van der Waals surface area contributed by atoms with E-state index in [-0.39, 0.29) is 17.9 Å². The maximum atomic E-state index is 11.8. The van der Waals surface area contributed by atoms with Crippen LogP contribution in [0.5, 0.6) is 0 Å². The largest absolute Gasteiger partial charge is 0.353 e. The first kappa shape index (κ1) is 14.4. The number of nitrogens with one attached hydrogen (secondary N) is 1. The Kier molecular flexibility index (Phi) is 7.39. The smallest absolute Gasteiger partial charge is 0.224 e. The topological polar surface area (TPSA) is 55.1 Å². The lowest BCUT2D eigenvalue weighted by atomic mass is 9.98. The molecule has 3 atom stereocenters. The number of amides is 1. The van der Waals surface area contributed by atoms with Gasteiger partial charge in [-0.25, -0.2) is 0 Å². The molecule has 0 bridgehead atoms. The van der Waals surface area contributed by atoms with E-state index >= 15 is 0 Å². The van der Waals surface area contributed by atoms with Crippen LogP contribution >= 0.6 is 0 Å². The predicted molar refractivity (Wildman–Crippen MR) is 64.5 cm³/mol. The van der Waals surface area contributed by atoms with Gasteiger partial charge in [0, 0.05) is 12.6 Å². The van der Waals surface area contributed by atoms with Gasteiger partial charge in [-0.3, -0.25) is 4.79 Å². The van der Waals surface area contributed by atoms with Crippen LogP contribution in [0.2, 0.25) is 0 Å². The van der Waals surface area contributed by atoms with E-state index in [0.29, 0.717) is 12.5 Å². The first-order chi connectivity index (χ1) is 7.06. The second-order valence-electron chi connectivity index (χ2n) is 4.40. The molecule has 0 radical (unpaired) electrons. The van der Waals surface area contributed by atoms with Crippen LogP contribution in [0, 0.1) is 11.8 Å². The lowest BCUT2D eigenvalue weighted by Crippen LogP contribution is -2.42. The van der Waals surface area contributed by atoms with Crippen LogP contribution in [-0.2, 0) is 4.79 Å². The molecule has 0 saturated carbocycles. The molecular formula is C12H26N2O.